The standard InChI is InChI=1S/C10H14BrNS/c1-2-12-9(7-3-4-7)10-8(11)5-6-13-10/h5-7,9,12H,2-4H2,1H3. The number of hydrogen-bond acceptors (Lipinski definition) is 2. The SMILES string of the molecule is CCNC(c1sccc1Br)C1CC1. The minimum absolute atomic E-state index is 0.597. The Hall–Kier alpha value is 0.140. The summed E-state index contributed by atoms with van der Waals surface area (Å²) in [4.78, 5) is 1.48. The van der Waals surface area contributed by atoms with Crippen molar-refractivity contribution in [3.05, 3.63) is 20.8 Å². The van der Waals surface area contributed by atoms with Crippen LogP contribution < -0.4 is 5.32 Å². The van der Waals surface area contributed by atoms with Crippen LogP contribution in [-0.2, 0) is 0 Å². The monoisotopic (exact) mass is 259 g/mol. The quantitative estimate of drug-likeness (QED) is 0.872. The van der Waals surface area contributed by atoms with E-state index in [1.54, 1.807) is 0 Å². The van der Waals surface area contributed by atoms with E-state index in [1.165, 1.54) is 22.2 Å². The van der Waals surface area contributed by atoms with Crippen LogP contribution in [0.1, 0.15) is 30.7 Å². The summed E-state index contributed by atoms with van der Waals surface area (Å²) in [5.74, 6) is 0.884. The molecule has 1 aromatic rings. The average molecular weight is 260 g/mol. The number of hydrogen-bond donors (Lipinski definition) is 1. The van der Waals surface area contributed by atoms with E-state index < -0.39 is 0 Å². The van der Waals surface area contributed by atoms with Gasteiger partial charge in [0, 0.05) is 15.4 Å². The van der Waals surface area contributed by atoms with Crippen LogP contribution in [0.2, 0.25) is 0 Å². The van der Waals surface area contributed by atoms with Gasteiger partial charge in [0.2, 0.25) is 0 Å². The van der Waals surface area contributed by atoms with Crippen molar-refractivity contribution < 1.29 is 0 Å². The Morgan fingerprint density at radius 3 is 2.92 bits per heavy atom. The molecule has 1 fully saturated rings. The molecule has 1 atom stereocenters. The van der Waals surface area contributed by atoms with Crippen LogP contribution in [0.4, 0.5) is 0 Å². The molecule has 1 saturated carbocycles. The maximum atomic E-state index is 3.60. The molecular formula is C10H14BrNS. The van der Waals surface area contributed by atoms with Gasteiger partial charge in [0.1, 0.15) is 0 Å². The Labute approximate surface area is 91.7 Å². The first kappa shape index (κ1) is 9.69. The van der Waals surface area contributed by atoms with Gasteiger partial charge in [0.15, 0.2) is 0 Å². The molecule has 1 aliphatic rings. The number of nitrogens with one attached hydrogen (secondary N) is 1. The Kier molecular flexibility index (Phi) is 3.06. The molecule has 0 bridgehead atoms. The normalized spacial score (nSPS) is 18.9. The fourth-order valence-corrected chi connectivity index (χ4v) is 3.44. The molecule has 0 aliphatic heterocycles. The van der Waals surface area contributed by atoms with Gasteiger partial charge in [-0.2, -0.15) is 0 Å². The average Bonchev–Trinajstić information content (AvgIpc) is 2.86. The second kappa shape index (κ2) is 4.11. The summed E-state index contributed by atoms with van der Waals surface area (Å²) in [5, 5.41) is 5.73. The third-order valence-corrected chi connectivity index (χ3v) is 4.40. The van der Waals surface area contributed by atoms with Gasteiger partial charge in [-0.1, -0.05) is 6.92 Å². The molecule has 1 aromatic heterocycles. The number of thiophene rings is 1. The summed E-state index contributed by atoms with van der Waals surface area (Å²) in [6, 6.07) is 2.74. The third-order valence-electron chi connectivity index (χ3n) is 2.44. The molecule has 0 aromatic carbocycles. The highest BCUT2D eigenvalue weighted by atomic mass is 79.9. The molecule has 0 spiro atoms. The molecular weight excluding hydrogens is 246 g/mol. The smallest absolute Gasteiger partial charge is 0.0454 e. The van der Waals surface area contributed by atoms with Crippen LogP contribution in [0.15, 0.2) is 15.9 Å². The van der Waals surface area contributed by atoms with Crippen LogP contribution in [0.3, 0.4) is 0 Å². The molecule has 1 unspecified atom stereocenters. The highest BCUT2D eigenvalue weighted by molar-refractivity contribution is 9.10. The maximum absolute atomic E-state index is 3.60. The van der Waals surface area contributed by atoms with Crippen LogP contribution >= 0.6 is 27.3 Å². The molecule has 0 amide bonds. The van der Waals surface area contributed by atoms with Crippen molar-refractivity contribution in [2.75, 3.05) is 6.54 Å². The van der Waals surface area contributed by atoms with Crippen molar-refractivity contribution in [3.8, 4) is 0 Å². The molecule has 0 saturated heterocycles. The molecule has 3 heteroatoms. The molecule has 1 nitrogen and oxygen atoms in total. The van der Waals surface area contributed by atoms with Gasteiger partial charge in [-0.15, -0.1) is 11.3 Å². The zero-order valence-corrected chi connectivity index (χ0v) is 10.1. The summed E-state index contributed by atoms with van der Waals surface area (Å²) in [6.07, 6.45) is 2.78. The highest BCUT2D eigenvalue weighted by Gasteiger charge is 2.33. The van der Waals surface area contributed by atoms with E-state index in [0.717, 1.165) is 12.5 Å². The first-order valence-corrected chi connectivity index (χ1v) is 6.46. The Morgan fingerprint density at radius 1 is 1.69 bits per heavy atom. The lowest BCUT2D eigenvalue weighted by Gasteiger charge is -2.15. The Bertz CT molecular complexity index is 280. The zero-order valence-electron chi connectivity index (χ0n) is 7.72. The van der Waals surface area contributed by atoms with Gasteiger partial charge >= 0.3 is 0 Å². The lowest BCUT2D eigenvalue weighted by atomic mass is 10.1. The molecule has 72 valence electrons. The summed E-state index contributed by atoms with van der Waals surface area (Å²) in [6.45, 7) is 3.24. The lowest BCUT2D eigenvalue weighted by Crippen LogP contribution is -2.21. The van der Waals surface area contributed by atoms with Crippen LogP contribution in [0.25, 0.3) is 0 Å². The molecule has 1 aliphatic carbocycles. The van der Waals surface area contributed by atoms with E-state index >= 15 is 0 Å². The van der Waals surface area contributed by atoms with Crippen molar-refractivity contribution >= 4 is 27.3 Å². The maximum Gasteiger partial charge on any atom is 0.0454 e. The van der Waals surface area contributed by atoms with Gasteiger partial charge in [0.05, 0.1) is 0 Å². The number of rotatable bonds is 4. The molecule has 2 rings (SSSR count). The van der Waals surface area contributed by atoms with E-state index in [0.29, 0.717) is 6.04 Å². The van der Waals surface area contributed by atoms with Gasteiger partial charge < -0.3 is 5.32 Å². The second-order valence-corrected chi connectivity index (χ2v) is 5.31. The van der Waals surface area contributed by atoms with Crippen molar-refractivity contribution in [2.24, 2.45) is 5.92 Å². The Morgan fingerprint density at radius 2 is 2.46 bits per heavy atom. The van der Waals surface area contributed by atoms with E-state index in [-0.39, 0.29) is 0 Å². The molecule has 1 N–H and O–H groups in total. The van der Waals surface area contributed by atoms with Gasteiger partial charge in [-0.3, -0.25) is 0 Å². The minimum Gasteiger partial charge on any atom is -0.309 e. The topological polar surface area (TPSA) is 12.0 Å². The lowest BCUT2D eigenvalue weighted by molar-refractivity contribution is 0.502. The number of halogens is 1. The summed E-state index contributed by atoms with van der Waals surface area (Å²) >= 11 is 5.46. The highest BCUT2D eigenvalue weighted by Crippen LogP contribution is 2.44. The summed E-state index contributed by atoms with van der Waals surface area (Å²) in [7, 11) is 0. The first-order valence-electron chi connectivity index (χ1n) is 4.79. The third kappa shape index (κ3) is 2.14. The molecule has 0 radical (unpaired) electrons. The predicted molar refractivity (Wildman–Crippen MR) is 61.2 cm³/mol. The van der Waals surface area contributed by atoms with Crippen LogP contribution in [0.5, 0.6) is 0 Å². The Balaban J connectivity index is 2.14. The van der Waals surface area contributed by atoms with Crippen molar-refractivity contribution in [2.45, 2.75) is 25.8 Å². The van der Waals surface area contributed by atoms with Crippen LogP contribution in [-0.4, -0.2) is 6.54 Å². The molecule has 13 heavy (non-hydrogen) atoms. The van der Waals surface area contributed by atoms with E-state index in [1.807, 2.05) is 11.3 Å². The first-order chi connectivity index (χ1) is 6.33. The predicted octanol–water partition coefficient (Wildman–Crippen LogP) is 3.57. The van der Waals surface area contributed by atoms with E-state index in [9.17, 15) is 0 Å². The van der Waals surface area contributed by atoms with E-state index in [4.69, 9.17) is 0 Å². The largest absolute Gasteiger partial charge is 0.309 e. The zero-order chi connectivity index (χ0) is 9.26. The minimum atomic E-state index is 0.597. The van der Waals surface area contributed by atoms with Crippen molar-refractivity contribution in [3.63, 3.8) is 0 Å². The second-order valence-electron chi connectivity index (χ2n) is 3.51. The van der Waals surface area contributed by atoms with Crippen molar-refractivity contribution in [1.29, 1.82) is 0 Å². The fourth-order valence-electron chi connectivity index (χ4n) is 1.65. The van der Waals surface area contributed by atoms with Crippen LogP contribution in [0, 0.1) is 5.92 Å². The summed E-state index contributed by atoms with van der Waals surface area (Å²) < 4.78 is 1.27. The molecule has 1 heterocycles. The summed E-state index contributed by atoms with van der Waals surface area (Å²) in [5.41, 5.74) is 0. The fraction of sp³-hybridized carbons (Fsp3) is 0.600. The van der Waals surface area contributed by atoms with Gasteiger partial charge in [-0.05, 0) is 52.7 Å². The van der Waals surface area contributed by atoms with E-state index in [2.05, 4.69) is 39.6 Å². The van der Waals surface area contributed by atoms with Crippen molar-refractivity contribution in [1.82, 2.24) is 5.32 Å². The van der Waals surface area contributed by atoms with Gasteiger partial charge in [0.25, 0.3) is 0 Å². The van der Waals surface area contributed by atoms with Gasteiger partial charge in [-0.25, -0.2) is 0 Å².